The molecule has 8 heteroatoms. The van der Waals surface area contributed by atoms with Crippen molar-refractivity contribution in [1.82, 2.24) is 0 Å². The first-order valence-electron chi connectivity index (χ1n) is 5.38. The number of hydrogen-bond donors (Lipinski definition) is 0. The number of nitrogens with zero attached hydrogens (tertiary/aromatic N) is 1. The van der Waals surface area contributed by atoms with Gasteiger partial charge in [0.05, 0.1) is 19.3 Å². The van der Waals surface area contributed by atoms with E-state index in [4.69, 9.17) is 10.00 Å². The molecule has 0 aliphatic heterocycles. The fourth-order valence-corrected chi connectivity index (χ4v) is 1.44. The van der Waals surface area contributed by atoms with E-state index in [1.165, 1.54) is 6.92 Å². The van der Waals surface area contributed by atoms with Crippen molar-refractivity contribution >= 4 is 5.97 Å². The summed E-state index contributed by atoms with van der Waals surface area (Å²) >= 11 is 0. The summed E-state index contributed by atoms with van der Waals surface area (Å²) in [5, 5.41) is 8.82. The van der Waals surface area contributed by atoms with Crippen LogP contribution in [-0.4, -0.2) is 26.0 Å². The van der Waals surface area contributed by atoms with Crippen molar-refractivity contribution in [1.29, 1.82) is 5.26 Å². The van der Waals surface area contributed by atoms with Gasteiger partial charge >= 0.3 is 12.3 Å². The van der Waals surface area contributed by atoms with Gasteiger partial charge in [-0.3, -0.25) is 0 Å². The molecule has 0 radical (unpaired) electrons. The van der Waals surface area contributed by atoms with Crippen LogP contribution in [0.5, 0.6) is 11.5 Å². The molecule has 0 spiro atoms. The number of alkyl halides is 3. The van der Waals surface area contributed by atoms with Crippen LogP contribution in [0.25, 0.3) is 0 Å². The average molecular weight is 289 g/mol. The molecule has 0 atom stereocenters. The number of carbonyl (C=O) groups excluding carboxylic acids is 1. The maximum Gasteiger partial charge on any atom is 0.573 e. The standard InChI is InChI=1S/C12H10F3NO4/c1-3-19-11(17)8-5-4-7(6-16)9(18-2)10(8)20-12(13,14)15/h4-5H,3H2,1-2H3. The summed E-state index contributed by atoms with van der Waals surface area (Å²) in [4.78, 5) is 11.6. The number of esters is 1. The largest absolute Gasteiger partial charge is 0.573 e. The van der Waals surface area contributed by atoms with Gasteiger partial charge in [0.25, 0.3) is 0 Å². The summed E-state index contributed by atoms with van der Waals surface area (Å²) in [6.07, 6.45) is -5.04. The van der Waals surface area contributed by atoms with E-state index in [9.17, 15) is 18.0 Å². The molecule has 5 nitrogen and oxygen atoms in total. The van der Waals surface area contributed by atoms with Crippen molar-refractivity contribution < 1.29 is 32.2 Å². The van der Waals surface area contributed by atoms with Crippen LogP contribution < -0.4 is 9.47 Å². The van der Waals surface area contributed by atoms with E-state index in [2.05, 4.69) is 9.47 Å². The van der Waals surface area contributed by atoms with Crippen LogP contribution in [0.4, 0.5) is 13.2 Å². The summed E-state index contributed by atoms with van der Waals surface area (Å²) < 4.78 is 50.4. The lowest BCUT2D eigenvalue weighted by atomic mass is 10.1. The van der Waals surface area contributed by atoms with Crippen LogP contribution in [0, 0.1) is 11.3 Å². The van der Waals surface area contributed by atoms with E-state index < -0.39 is 29.4 Å². The van der Waals surface area contributed by atoms with Gasteiger partial charge in [-0.1, -0.05) is 0 Å². The second-order valence-corrected chi connectivity index (χ2v) is 3.40. The Kier molecular flexibility index (Phi) is 4.80. The van der Waals surface area contributed by atoms with Gasteiger partial charge in [0.15, 0.2) is 11.5 Å². The normalized spacial score (nSPS) is 10.6. The number of benzene rings is 1. The fourth-order valence-electron chi connectivity index (χ4n) is 1.44. The van der Waals surface area contributed by atoms with Gasteiger partial charge in [-0.2, -0.15) is 5.26 Å². The van der Waals surface area contributed by atoms with Crippen molar-refractivity contribution in [3.05, 3.63) is 23.3 Å². The molecule has 0 aromatic heterocycles. The van der Waals surface area contributed by atoms with Gasteiger partial charge in [-0.15, -0.1) is 13.2 Å². The number of carbonyl (C=O) groups is 1. The predicted molar refractivity (Wildman–Crippen MR) is 60.3 cm³/mol. The Hall–Kier alpha value is -2.43. The lowest BCUT2D eigenvalue weighted by Crippen LogP contribution is -2.20. The third-order valence-corrected chi connectivity index (χ3v) is 2.15. The Morgan fingerprint density at radius 1 is 1.35 bits per heavy atom. The van der Waals surface area contributed by atoms with Crippen molar-refractivity contribution in [3.8, 4) is 17.6 Å². The highest BCUT2D eigenvalue weighted by Gasteiger charge is 2.36. The first-order valence-corrected chi connectivity index (χ1v) is 5.38. The molecule has 0 saturated heterocycles. The topological polar surface area (TPSA) is 68.6 Å². The summed E-state index contributed by atoms with van der Waals surface area (Å²) in [6.45, 7) is 1.48. The number of hydrogen-bond acceptors (Lipinski definition) is 5. The molecule has 1 rings (SSSR count). The summed E-state index contributed by atoms with van der Waals surface area (Å²) in [5.74, 6) is -2.37. The molecule has 1 aromatic carbocycles. The van der Waals surface area contributed by atoms with E-state index in [1.807, 2.05) is 0 Å². The van der Waals surface area contributed by atoms with Crippen molar-refractivity contribution in [2.75, 3.05) is 13.7 Å². The number of nitriles is 1. The number of rotatable bonds is 4. The van der Waals surface area contributed by atoms with E-state index in [0.717, 1.165) is 19.2 Å². The highest BCUT2D eigenvalue weighted by atomic mass is 19.4. The van der Waals surface area contributed by atoms with Gasteiger partial charge in [0.1, 0.15) is 11.6 Å². The molecule has 108 valence electrons. The zero-order valence-corrected chi connectivity index (χ0v) is 10.6. The van der Waals surface area contributed by atoms with E-state index >= 15 is 0 Å². The Morgan fingerprint density at radius 3 is 2.45 bits per heavy atom. The molecule has 0 unspecified atom stereocenters. The van der Waals surface area contributed by atoms with E-state index in [-0.39, 0.29) is 12.2 Å². The molecule has 0 N–H and O–H groups in total. The molecule has 1 aromatic rings. The third kappa shape index (κ3) is 3.54. The molecule has 0 heterocycles. The summed E-state index contributed by atoms with van der Waals surface area (Å²) in [6, 6.07) is 3.81. The minimum Gasteiger partial charge on any atom is -0.492 e. The highest BCUT2D eigenvalue weighted by molar-refractivity contribution is 5.94. The van der Waals surface area contributed by atoms with Crippen molar-refractivity contribution in [2.45, 2.75) is 13.3 Å². The maximum atomic E-state index is 12.4. The van der Waals surface area contributed by atoms with Crippen LogP contribution in [0.1, 0.15) is 22.8 Å². The molecular weight excluding hydrogens is 279 g/mol. The van der Waals surface area contributed by atoms with E-state index in [1.54, 1.807) is 6.07 Å². The Bertz CT molecular complexity index is 549. The fraction of sp³-hybridized carbons (Fsp3) is 0.333. The molecule has 0 amide bonds. The summed E-state index contributed by atoms with van der Waals surface area (Å²) in [7, 11) is 1.06. The van der Waals surface area contributed by atoms with Crippen LogP contribution in [-0.2, 0) is 4.74 Å². The first-order chi connectivity index (χ1) is 9.34. The Labute approximate surface area is 112 Å². The van der Waals surface area contributed by atoms with E-state index in [0.29, 0.717) is 0 Å². The number of methoxy groups -OCH3 is 1. The quantitative estimate of drug-likeness (QED) is 0.797. The van der Waals surface area contributed by atoms with Crippen molar-refractivity contribution in [3.63, 3.8) is 0 Å². The molecule has 20 heavy (non-hydrogen) atoms. The van der Waals surface area contributed by atoms with Gasteiger partial charge in [-0.25, -0.2) is 4.79 Å². The zero-order valence-electron chi connectivity index (χ0n) is 10.6. The molecule has 0 fully saturated rings. The van der Waals surface area contributed by atoms with Gasteiger partial charge < -0.3 is 14.2 Å². The minimum atomic E-state index is -5.04. The molecule has 0 bridgehead atoms. The SMILES string of the molecule is CCOC(=O)c1ccc(C#N)c(OC)c1OC(F)(F)F. The highest BCUT2D eigenvalue weighted by Crippen LogP contribution is 2.38. The second-order valence-electron chi connectivity index (χ2n) is 3.40. The third-order valence-electron chi connectivity index (χ3n) is 2.15. The average Bonchev–Trinajstić information content (AvgIpc) is 2.36. The molecule has 0 aliphatic carbocycles. The van der Waals surface area contributed by atoms with Crippen LogP contribution in [0.3, 0.4) is 0 Å². The number of halogens is 3. The molecule has 0 aliphatic rings. The van der Waals surface area contributed by atoms with Crippen LogP contribution in [0.15, 0.2) is 12.1 Å². The van der Waals surface area contributed by atoms with Gasteiger partial charge in [-0.05, 0) is 19.1 Å². The lowest BCUT2D eigenvalue weighted by molar-refractivity contribution is -0.275. The monoisotopic (exact) mass is 289 g/mol. The molecular formula is C12H10F3NO4. The second kappa shape index (κ2) is 6.14. The van der Waals surface area contributed by atoms with Crippen LogP contribution >= 0.6 is 0 Å². The van der Waals surface area contributed by atoms with Crippen molar-refractivity contribution in [2.24, 2.45) is 0 Å². The maximum absolute atomic E-state index is 12.4. The smallest absolute Gasteiger partial charge is 0.492 e. The van der Waals surface area contributed by atoms with Gasteiger partial charge in [0.2, 0.25) is 0 Å². The van der Waals surface area contributed by atoms with Crippen LogP contribution in [0.2, 0.25) is 0 Å². The minimum absolute atomic E-state index is 0.0212. The zero-order chi connectivity index (χ0) is 15.3. The Morgan fingerprint density at radius 2 is 2.00 bits per heavy atom. The predicted octanol–water partition coefficient (Wildman–Crippen LogP) is 2.64. The lowest BCUT2D eigenvalue weighted by Gasteiger charge is -2.16. The first kappa shape index (κ1) is 15.6. The number of ether oxygens (including phenoxy) is 3. The van der Waals surface area contributed by atoms with Gasteiger partial charge in [0, 0.05) is 0 Å². The Balaban J connectivity index is 3.44. The molecule has 0 saturated carbocycles. The summed E-state index contributed by atoms with van der Waals surface area (Å²) in [5.41, 5.74) is -0.667.